The van der Waals surface area contributed by atoms with Crippen LogP contribution in [0.25, 0.3) is 0 Å². The molecule has 0 radical (unpaired) electrons. The summed E-state index contributed by atoms with van der Waals surface area (Å²) in [5.41, 5.74) is 4.93. The van der Waals surface area contributed by atoms with E-state index in [1.807, 2.05) is 0 Å². The molecule has 0 spiro atoms. The van der Waals surface area contributed by atoms with E-state index < -0.39 is 11.9 Å². The minimum absolute atomic E-state index is 0.128. The molecular weight excluding hydrogens is 160 g/mol. The minimum Gasteiger partial charge on any atom is -0.481 e. The van der Waals surface area contributed by atoms with Crippen LogP contribution in [0.2, 0.25) is 0 Å². The molecule has 0 aliphatic carbocycles. The van der Waals surface area contributed by atoms with Crippen LogP contribution >= 0.6 is 0 Å². The third kappa shape index (κ3) is 7.01. The molecule has 0 aromatic rings. The van der Waals surface area contributed by atoms with Crippen LogP contribution in [0.3, 0.4) is 0 Å². The van der Waals surface area contributed by atoms with Crippen molar-refractivity contribution in [3.8, 4) is 0 Å². The molecule has 0 saturated carbocycles. The lowest BCUT2D eigenvalue weighted by Gasteiger charge is -2.12. The molecule has 0 aliphatic heterocycles. The smallest absolute Gasteiger partial charge is 0.303 e. The van der Waals surface area contributed by atoms with Crippen molar-refractivity contribution in [1.29, 1.82) is 0 Å². The number of carbonyl (C=O) groups excluding carboxylic acids is 1. The summed E-state index contributed by atoms with van der Waals surface area (Å²) >= 11 is 0. The van der Waals surface area contributed by atoms with Gasteiger partial charge in [0, 0.05) is 6.42 Å². The number of carboxylic acids is 1. The number of aliphatic carboxylic acids is 1. The summed E-state index contributed by atoms with van der Waals surface area (Å²) in [7, 11) is 1.73. The van der Waals surface area contributed by atoms with Gasteiger partial charge in [-0.15, -0.1) is 0 Å². The van der Waals surface area contributed by atoms with Gasteiger partial charge in [0.2, 0.25) is 5.91 Å². The number of nitrogens with two attached hydrogens (primary N) is 1. The summed E-state index contributed by atoms with van der Waals surface area (Å²) in [6, 6.07) is 0. The van der Waals surface area contributed by atoms with Crippen LogP contribution < -0.4 is 5.73 Å². The summed E-state index contributed by atoms with van der Waals surface area (Å²) in [6.07, 6.45) is 0.669. The van der Waals surface area contributed by atoms with Crippen LogP contribution in [-0.4, -0.2) is 42.0 Å². The first-order chi connectivity index (χ1) is 5.52. The maximum atomic E-state index is 10.4. The van der Waals surface area contributed by atoms with Gasteiger partial charge in [-0.1, -0.05) is 0 Å². The number of hydrogen-bond donors (Lipinski definition) is 2. The highest BCUT2D eigenvalue weighted by Crippen LogP contribution is 1.91. The molecule has 3 N–H and O–H groups in total. The summed E-state index contributed by atoms with van der Waals surface area (Å²) in [5.74, 6) is -1.21. The van der Waals surface area contributed by atoms with Crippen molar-refractivity contribution in [1.82, 2.24) is 4.90 Å². The first-order valence-electron chi connectivity index (χ1n) is 3.71. The molecule has 0 aromatic carbocycles. The van der Waals surface area contributed by atoms with Crippen molar-refractivity contribution in [2.75, 3.05) is 20.1 Å². The van der Waals surface area contributed by atoms with Crippen LogP contribution in [-0.2, 0) is 9.59 Å². The van der Waals surface area contributed by atoms with Crippen LogP contribution in [0, 0.1) is 0 Å². The molecule has 0 aliphatic rings. The van der Waals surface area contributed by atoms with Gasteiger partial charge in [-0.3, -0.25) is 14.5 Å². The lowest BCUT2D eigenvalue weighted by atomic mass is 10.3. The Morgan fingerprint density at radius 3 is 2.50 bits per heavy atom. The monoisotopic (exact) mass is 174 g/mol. The average Bonchev–Trinajstić information content (AvgIpc) is 1.84. The fourth-order valence-corrected chi connectivity index (χ4v) is 0.845. The van der Waals surface area contributed by atoms with Crippen molar-refractivity contribution in [2.24, 2.45) is 5.73 Å². The Kier molecular flexibility index (Phi) is 5.03. The molecule has 0 rings (SSSR count). The fourth-order valence-electron chi connectivity index (χ4n) is 0.845. The molecule has 70 valence electrons. The molecule has 0 atom stereocenters. The van der Waals surface area contributed by atoms with E-state index in [-0.39, 0.29) is 13.0 Å². The molecule has 5 heteroatoms. The van der Waals surface area contributed by atoms with Gasteiger partial charge < -0.3 is 10.8 Å². The number of likely N-dealkylation sites (N-methyl/N-ethyl adjacent to an activating group) is 1. The highest BCUT2D eigenvalue weighted by atomic mass is 16.4. The van der Waals surface area contributed by atoms with E-state index in [1.54, 1.807) is 11.9 Å². The Labute approximate surface area is 71.1 Å². The zero-order valence-corrected chi connectivity index (χ0v) is 7.12. The zero-order chi connectivity index (χ0) is 9.56. The number of primary amides is 1. The van der Waals surface area contributed by atoms with Gasteiger partial charge in [0.25, 0.3) is 0 Å². The predicted molar refractivity (Wildman–Crippen MR) is 43.6 cm³/mol. The van der Waals surface area contributed by atoms with E-state index in [0.29, 0.717) is 13.0 Å². The molecule has 0 aromatic heterocycles. The van der Waals surface area contributed by atoms with Gasteiger partial charge in [-0.05, 0) is 20.0 Å². The number of carboxylic acid groups (broad SMARTS) is 1. The maximum absolute atomic E-state index is 10.4. The molecule has 12 heavy (non-hydrogen) atoms. The summed E-state index contributed by atoms with van der Waals surface area (Å²) in [6.45, 7) is 0.759. The first-order valence-corrected chi connectivity index (χ1v) is 3.71. The van der Waals surface area contributed by atoms with E-state index in [4.69, 9.17) is 10.8 Å². The molecule has 5 nitrogen and oxygen atoms in total. The number of rotatable bonds is 6. The second kappa shape index (κ2) is 5.54. The van der Waals surface area contributed by atoms with E-state index in [9.17, 15) is 9.59 Å². The highest BCUT2D eigenvalue weighted by molar-refractivity contribution is 5.75. The Morgan fingerprint density at radius 2 is 2.08 bits per heavy atom. The standard InChI is InChI=1S/C7H14N2O3/c1-9(5-6(8)10)4-2-3-7(11)12/h2-5H2,1H3,(H2,8,10)(H,11,12). The van der Waals surface area contributed by atoms with Crippen molar-refractivity contribution in [2.45, 2.75) is 12.8 Å². The van der Waals surface area contributed by atoms with E-state index in [2.05, 4.69) is 0 Å². The molecule has 0 fully saturated rings. The SMILES string of the molecule is CN(CCCC(=O)O)CC(N)=O. The first kappa shape index (κ1) is 10.9. The second-order valence-electron chi connectivity index (χ2n) is 2.70. The molecule has 1 amide bonds. The van der Waals surface area contributed by atoms with Crippen LogP contribution in [0.4, 0.5) is 0 Å². The van der Waals surface area contributed by atoms with Gasteiger partial charge in [-0.25, -0.2) is 0 Å². The minimum atomic E-state index is -0.817. The second-order valence-corrected chi connectivity index (χ2v) is 2.70. The van der Waals surface area contributed by atoms with Crippen molar-refractivity contribution in [3.05, 3.63) is 0 Å². The average molecular weight is 174 g/mol. The van der Waals surface area contributed by atoms with Gasteiger partial charge in [-0.2, -0.15) is 0 Å². The van der Waals surface area contributed by atoms with Gasteiger partial charge >= 0.3 is 5.97 Å². The van der Waals surface area contributed by atoms with Crippen molar-refractivity contribution < 1.29 is 14.7 Å². The number of nitrogens with zero attached hydrogens (tertiary/aromatic N) is 1. The lowest BCUT2D eigenvalue weighted by molar-refractivity contribution is -0.137. The van der Waals surface area contributed by atoms with E-state index in [0.717, 1.165) is 0 Å². The molecule has 0 heterocycles. The quantitative estimate of drug-likeness (QED) is 0.556. The van der Waals surface area contributed by atoms with Gasteiger partial charge in [0.15, 0.2) is 0 Å². The third-order valence-electron chi connectivity index (χ3n) is 1.36. The van der Waals surface area contributed by atoms with Crippen molar-refractivity contribution in [3.63, 3.8) is 0 Å². The number of carbonyl (C=O) groups is 2. The van der Waals surface area contributed by atoms with Crippen LogP contribution in [0.5, 0.6) is 0 Å². The fraction of sp³-hybridized carbons (Fsp3) is 0.714. The van der Waals surface area contributed by atoms with Crippen LogP contribution in [0.1, 0.15) is 12.8 Å². The normalized spacial score (nSPS) is 10.2. The Hall–Kier alpha value is -1.10. The Bertz CT molecular complexity index is 170. The Balaban J connectivity index is 3.37. The largest absolute Gasteiger partial charge is 0.481 e. The lowest BCUT2D eigenvalue weighted by Crippen LogP contribution is -2.31. The Morgan fingerprint density at radius 1 is 1.50 bits per heavy atom. The van der Waals surface area contributed by atoms with Gasteiger partial charge in [0.1, 0.15) is 0 Å². The molecule has 0 bridgehead atoms. The van der Waals surface area contributed by atoms with E-state index >= 15 is 0 Å². The number of hydrogen-bond acceptors (Lipinski definition) is 3. The topological polar surface area (TPSA) is 83.6 Å². The summed E-state index contributed by atoms with van der Waals surface area (Å²) in [5, 5.41) is 8.30. The highest BCUT2D eigenvalue weighted by Gasteiger charge is 2.03. The maximum Gasteiger partial charge on any atom is 0.303 e. The summed E-state index contributed by atoms with van der Waals surface area (Å²) < 4.78 is 0. The van der Waals surface area contributed by atoms with E-state index in [1.165, 1.54) is 0 Å². The number of amides is 1. The van der Waals surface area contributed by atoms with Gasteiger partial charge in [0.05, 0.1) is 6.54 Å². The third-order valence-corrected chi connectivity index (χ3v) is 1.36. The molecule has 0 unspecified atom stereocenters. The zero-order valence-electron chi connectivity index (χ0n) is 7.12. The van der Waals surface area contributed by atoms with Crippen molar-refractivity contribution >= 4 is 11.9 Å². The molecular formula is C7H14N2O3. The molecule has 0 saturated heterocycles. The van der Waals surface area contributed by atoms with Crippen LogP contribution in [0.15, 0.2) is 0 Å². The summed E-state index contributed by atoms with van der Waals surface area (Å²) in [4.78, 5) is 22.2. The predicted octanol–water partition coefficient (Wildman–Crippen LogP) is -0.732.